The van der Waals surface area contributed by atoms with E-state index >= 15 is 0 Å². The fourth-order valence-electron chi connectivity index (χ4n) is 4.01. The molecule has 2 aromatic rings. The molecule has 0 bridgehead atoms. The highest BCUT2D eigenvalue weighted by Gasteiger charge is 2.42. The fraction of sp³-hybridized carbons (Fsp3) is 0.417. The highest BCUT2D eigenvalue weighted by molar-refractivity contribution is 5.84. The number of nitrogens with two attached hydrogens (primary N) is 1. The smallest absolute Gasteiger partial charge is 0.227 e. The van der Waals surface area contributed by atoms with Crippen LogP contribution in [-0.2, 0) is 16.0 Å². The molecule has 4 nitrogen and oxygen atoms in total. The van der Waals surface area contributed by atoms with Crippen molar-refractivity contribution in [2.24, 2.45) is 16.6 Å². The van der Waals surface area contributed by atoms with Gasteiger partial charge in [-0.1, -0.05) is 63.2 Å². The highest BCUT2D eigenvalue weighted by Crippen LogP contribution is 2.36. The Bertz CT molecular complexity index is 892. The van der Waals surface area contributed by atoms with E-state index in [9.17, 15) is 14.0 Å². The van der Waals surface area contributed by atoms with Crippen molar-refractivity contribution in [3.05, 3.63) is 59.9 Å². The van der Waals surface area contributed by atoms with E-state index in [1.54, 1.807) is 18.2 Å². The first-order valence-corrected chi connectivity index (χ1v) is 10.1. The van der Waals surface area contributed by atoms with Crippen LogP contribution in [0.2, 0.25) is 0 Å². The predicted octanol–water partition coefficient (Wildman–Crippen LogP) is 4.18. The third kappa shape index (κ3) is 4.50. The van der Waals surface area contributed by atoms with Crippen molar-refractivity contribution in [1.29, 1.82) is 0 Å². The van der Waals surface area contributed by atoms with Gasteiger partial charge in [-0.25, -0.2) is 4.39 Å². The normalized spacial score (nSPS) is 16.5. The maximum absolute atomic E-state index is 14.0. The Morgan fingerprint density at radius 2 is 1.62 bits per heavy atom. The molecule has 0 spiro atoms. The lowest BCUT2D eigenvalue weighted by Crippen LogP contribution is -2.51. The van der Waals surface area contributed by atoms with Crippen molar-refractivity contribution >= 4 is 11.8 Å². The van der Waals surface area contributed by atoms with Crippen molar-refractivity contribution in [2.75, 3.05) is 13.1 Å². The number of amides is 2. The Morgan fingerprint density at radius 1 is 1.03 bits per heavy atom. The summed E-state index contributed by atoms with van der Waals surface area (Å²) in [5.74, 6) is -0.479. The topological polar surface area (TPSA) is 63.4 Å². The Hall–Kier alpha value is -2.69. The molecule has 1 fully saturated rings. The van der Waals surface area contributed by atoms with Gasteiger partial charge in [0.05, 0.1) is 5.41 Å². The molecule has 1 heterocycles. The van der Waals surface area contributed by atoms with Gasteiger partial charge in [0.2, 0.25) is 11.8 Å². The molecule has 2 amide bonds. The van der Waals surface area contributed by atoms with Gasteiger partial charge in [-0.05, 0) is 36.5 Å². The van der Waals surface area contributed by atoms with Crippen LogP contribution >= 0.6 is 0 Å². The summed E-state index contributed by atoms with van der Waals surface area (Å²) in [5, 5.41) is 0. The third-order valence-electron chi connectivity index (χ3n) is 5.85. The molecular weight excluding hydrogens is 367 g/mol. The molecule has 0 saturated carbocycles. The van der Waals surface area contributed by atoms with E-state index in [1.807, 2.05) is 49.9 Å². The Labute approximate surface area is 171 Å². The first-order valence-electron chi connectivity index (χ1n) is 10.1. The van der Waals surface area contributed by atoms with Crippen LogP contribution in [0.5, 0.6) is 0 Å². The molecule has 29 heavy (non-hydrogen) atoms. The van der Waals surface area contributed by atoms with Crippen LogP contribution < -0.4 is 5.73 Å². The number of hydrogen-bond acceptors (Lipinski definition) is 2. The Kier molecular flexibility index (Phi) is 5.78. The first kappa shape index (κ1) is 21.0. The Morgan fingerprint density at radius 3 is 2.14 bits per heavy atom. The van der Waals surface area contributed by atoms with Crippen molar-refractivity contribution < 1.29 is 14.0 Å². The number of piperidine rings is 1. The zero-order chi connectivity index (χ0) is 21.2. The second-order valence-electron chi connectivity index (χ2n) is 9.04. The summed E-state index contributed by atoms with van der Waals surface area (Å²) in [6, 6.07) is 14.3. The molecule has 1 aliphatic heterocycles. The molecule has 0 unspecified atom stereocenters. The lowest BCUT2D eigenvalue weighted by molar-refractivity contribution is -0.145. The maximum atomic E-state index is 14.0. The summed E-state index contributed by atoms with van der Waals surface area (Å²) in [6.07, 6.45) is 1.63. The van der Waals surface area contributed by atoms with Crippen molar-refractivity contribution in [3.63, 3.8) is 0 Å². The minimum absolute atomic E-state index is 0.102. The van der Waals surface area contributed by atoms with Gasteiger partial charge in [-0.2, -0.15) is 0 Å². The van der Waals surface area contributed by atoms with Gasteiger partial charge in [0, 0.05) is 24.1 Å². The van der Waals surface area contributed by atoms with E-state index in [2.05, 4.69) is 0 Å². The van der Waals surface area contributed by atoms with Gasteiger partial charge in [0.25, 0.3) is 0 Å². The number of hydrogen-bond donors (Lipinski definition) is 1. The molecular formula is C24H29FN2O2. The molecule has 0 aromatic heterocycles. The third-order valence-corrected chi connectivity index (χ3v) is 5.85. The molecule has 154 valence electrons. The van der Waals surface area contributed by atoms with Crippen LogP contribution in [0.4, 0.5) is 4.39 Å². The largest absolute Gasteiger partial charge is 0.369 e. The molecule has 5 heteroatoms. The fourth-order valence-corrected chi connectivity index (χ4v) is 4.01. The number of halogens is 1. The van der Waals surface area contributed by atoms with Gasteiger partial charge in [-0.15, -0.1) is 0 Å². The van der Waals surface area contributed by atoms with Crippen LogP contribution in [0.3, 0.4) is 0 Å². The monoisotopic (exact) mass is 396 g/mol. The van der Waals surface area contributed by atoms with Crippen LogP contribution in [0, 0.1) is 16.6 Å². The SMILES string of the molecule is CC(C)(C)C(=O)N1CCC(Cc2ccc(-c3ccccc3F)cc2)(C(N)=O)CC1. The standard InChI is InChI=1S/C24H29FN2O2/c1-23(2,3)22(29)27-14-12-24(13-15-27,21(26)28)16-17-8-10-18(11-9-17)19-6-4-5-7-20(19)25/h4-11H,12-16H2,1-3H3,(H2,26,28). The van der Waals surface area contributed by atoms with Crippen molar-refractivity contribution in [1.82, 2.24) is 4.90 Å². The zero-order valence-corrected chi connectivity index (χ0v) is 17.4. The minimum Gasteiger partial charge on any atom is -0.369 e. The van der Waals surface area contributed by atoms with Gasteiger partial charge in [-0.3, -0.25) is 9.59 Å². The number of likely N-dealkylation sites (tertiary alicyclic amines) is 1. The molecule has 2 aromatic carbocycles. The van der Waals surface area contributed by atoms with Crippen LogP contribution in [0.25, 0.3) is 11.1 Å². The summed E-state index contributed by atoms with van der Waals surface area (Å²) in [6.45, 7) is 6.78. The summed E-state index contributed by atoms with van der Waals surface area (Å²) >= 11 is 0. The summed E-state index contributed by atoms with van der Waals surface area (Å²) in [5.41, 5.74) is 7.05. The number of carbonyl (C=O) groups is 2. The van der Waals surface area contributed by atoms with Gasteiger partial charge < -0.3 is 10.6 Å². The summed E-state index contributed by atoms with van der Waals surface area (Å²) in [7, 11) is 0. The van der Waals surface area contributed by atoms with E-state index in [4.69, 9.17) is 5.73 Å². The maximum Gasteiger partial charge on any atom is 0.227 e. The van der Waals surface area contributed by atoms with Gasteiger partial charge in [0.15, 0.2) is 0 Å². The zero-order valence-electron chi connectivity index (χ0n) is 17.4. The average Bonchev–Trinajstić information content (AvgIpc) is 2.68. The van der Waals surface area contributed by atoms with E-state index < -0.39 is 10.8 Å². The highest BCUT2D eigenvalue weighted by atomic mass is 19.1. The minimum atomic E-state index is -0.659. The van der Waals surface area contributed by atoms with Crippen LogP contribution in [0.1, 0.15) is 39.2 Å². The second kappa shape index (κ2) is 7.97. The number of carbonyl (C=O) groups excluding carboxylic acids is 2. The molecule has 1 aliphatic rings. The van der Waals surface area contributed by atoms with E-state index in [-0.39, 0.29) is 17.6 Å². The lowest BCUT2D eigenvalue weighted by atomic mass is 9.72. The second-order valence-corrected chi connectivity index (χ2v) is 9.04. The van der Waals surface area contributed by atoms with Gasteiger partial charge in [0.1, 0.15) is 5.82 Å². The first-order chi connectivity index (χ1) is 13.6. The number of nitrogens with zero attached hydrogens (tertiary/aromatic N) is 1. The van der Waals surface area contributed by atoms with Crippen LogP contribution in [-0.4, -0.2) is 29.8 Å². The van der Waals surface area contributed by atoms with Gasteiger partial charge >= 0.3 is 0 Å². The lowest BCUT2D eigenvalue weighted by Gasteiger charge is -2.41. The van der Waals surface area contributed by atoms with Crippen molar-refractivity contribution in [2.45, 2.75) is 40.0 Å². The van der Waals surface area contributed by atoms with E-state index in [1.165, 1.54) is 6.07 Å². The molecule has 0 radical (unpaired) electrons. The molecule has 0 atom stereocenters. The Balaban J connectivity index is 1.74. The van der Waals surface area contributed by atoms with Crippen LogP contribution in [0.15, 0.2) is 48.5 Å². The summed E-state index contributed by atoms with van der Waals surface area (Å²) < 4.78 is 14.0. The average molecular weight is 397 g/mol. The molecule has 2 N–H and O–H groups in total. The summed E-state index contributed by atoms with van der Waals surface area (Å²) in [4.78, 5) is 26.7. The number of benzene rings is 2. The number of primary amides is 1. The quantitative estimate of drug-likeness (QED) is 0.843. The van der Waals surface area contributed by atoms with E-state index in [0.717, 1.165) is 11.1 Å². The predicted molar refractivity (Wildman–Crippen MR) is 112 cm³/mol. The molecule has 0 aliphatic carbocycles. The molecule has 3 rings (SSSR count). The van der Waals surface area contributed by atoms with Crippen molar-refractivity contribution in [3.8, 4) is 11.1 Å². The number of rotatable bonds is 4. The molecule has 1 saturated heterocycles. The van der Waals surface area contributed by atoms with E-state index in [0.29, 0.717) is 37.9 Å².